The lowest BCUT2D eigenvalue weighted by Crippen LogP contribution is -1.95. The van der Waals surface area contributed by atoms with Crippen LogP contribution in [0.5, 0.6) is 0 Å². The van der Waals surface area contributed by atoms with Crippen molar-refractivity contribution >= 4 is 16.6 Å². The number of hydrogen-bond donors (Lipinski definition) is 0. The molecule has 0 saturated carbocycles. The maximum atomic E-state index is 12.3. The maximum absolute atomic E-state index is 12.3. The summed E-state index contributed by atoms with van der Waals surface area (Å²) in [6, 6.07) is 22.5. The van der Waals surface area contributed by atoms with Gasteiger partial charge in [0, 0.05) is 11.5 Å². The molecule has 1 aliphatic rings. The Morgan fingerprint density at radius 2 is 1.52 bits per heavy atom. The summed E-state index contributed by atoms with van der Waals surface area (Å²) >= 11 is 0. The van der Waals surface area contributed by atoms with Gasteiger partial charge in [0.2, 0.25) is 0 Å². The zero-order valence-electron chi connectivity index (χ0n) is 13.8. The average Bonchev–Trinajstić information content (AvgIpc) is 3.19. The second-order valence-electron chi connectivity index (χ2n) is 6.17. The third kappa shape index (κ3) is 3.22. The minimum Gasteiger partial charge on any atom is -0.289 e. The Morgan fingerprint density at radius 3 is 2.32 bits per heavy atom. The van der Waals surface area contributed by atoms with Gasteiger partial charge in [-0.2, -0.15) is 0 Å². The number of ketones is 1. The molecule has 0 amide bonds. The van der Waals surface area contributed by atoms with Gasteiger partial charge in [0.25, 0.3) is 0 Å². The molecule has 4 rings (SSSR count). The van der Waals surface area contributed by atoms with Gasteiger partial charge >= 0.3 is 0 Å². The van der Waals surface area contributed by atoms with Crippen molar-refractivity contribution in [3.63, 3.8) is 0 Å². The molecule has 1 nitrogen and oxygen atoms in total. The second kappa shape index (κ2) is 6.74. The number of carbonyl (C=O) groups is 1. The van der Waals surface area contributed by atoms with E-state index in [-0.39, 0.29) is 11.7 Å². The highest BCUT2D eigenvalue weighted by Crippen LogP contribution is 2.28. The molecule has 0 aromatic heterocycles. The molecule has 0 N–H and O–H groups in total. The molecule has 0 bridgehead atoms. The van der Waals surface area contributed by atoms with Crippen LogP contribution in [0.15, 0.2) is 103 Å². The Labute approximate surface area is 147 Å². The molecule has 0 heterocycles. The van der Waals surface area contributed by atoms with E-state index >= 15 is 0 Å². The number of allylic oxidation sites excluding steroid dienone is 6. The zero-order chi connectivity index (χ0) is 17.1. The fourth-order valence-corrected chi connectivity index (χ4v) is 3.16. The average molecular weight is 322 g/mol. The van der Waals surface area contributed by atoms with Gasteiger partial charge in [0.1, 0.15) is 0 Å². The van der Waals surface area contributed by atoms with Crippen molar-refractivity contribution in [1.29, 1.82) is 0 Å². The van der Waals surface area contributed by atoms with Crippen LogP contribution >= 0.6 is 0 Å². The first-order valence-electron chi connectivity index (χ1n) is 8.47. The first-order chi connectivity index (χ1) is 12.3. The predicted octanol–water partition coefficient (Wildman–Crippen LogP) is 5.99. The van der Waals surface area contributed by atoms with E-state index in [1.165, 1.54) is 16.3 Å². The second-order valence-corrected chi connectivity index (χ2v) is 6.17. The van der Waals surface area contributed by atoms with Crippen LogP contribution in [0, 0.1) is 5.92 Å². The summed E-state index contributed by atoms with van der Waals surface area (Å²) < 4.78 is 0. The van der Waals surface area contributed by atoms with E-state index in [0.29, 0.717) is 5.56 Å². The molecule has 0 radical (unpaired) electrons. The summed E-state index contributed by atoms with van der Waals surface area (Å²) in [4.78, 5) is 12.3. The molecule has 3 aromatic rings. The zero-order valence-corrected chi connectivity index (χ0v) is 13.8. The number of carbonyl (C=O) groups excluding carboxylic acids is 1. The number of fused-ring (bicyclic) bond motifs is 1. The molecule has 0 fully saturated rings. The van der Waals surface area contributed by atoms with Crippen LogP contribution in [-0.2, 0) is 0 Å². The van der Waals surface area contributed by atoms with Gasteiger partial charge in [-0.15, -0.1) is 0 Å². The van der Waals surface area contributed by atoms with Crippen LogP contribution in [0.4, 0.5) is 0 Å². The molecule has 0 saturated heterocycles. The van der Waals surface area contributed by atoms with Gasteiger partial charge in [-0.05, 0) is 28.0 Å². The normalized spacial score (nSPS) is 13.9. The van der Waals surface area contributed by atoms with E-state index in [0.717, 1.165) is 5.56 Å². The monoisotopic (exact) mass is 322 g/mol. The number of rotatable bonds is 4. The molecule has 3 aromatic carbocycles. The molecular formula is C24H18O. The molecular weight excluding hydrogens is 304 g/mol. The van der Waals surface area contributed by atoms with Crippen molar-refractivity contribution in [1.82, 2.24) is 0 Å². The minimum absolute atomic E-state index is 0.0400. The first-order valence-corrected chi connectivity index (χ1v) is 8.47. The maximum Gasteiger partial charge on any atom is 0.185 e. The summed E-state index contributed by atoms with van der Waals surface area (Å²) in [6.45, 7) is 0. The highest BCUT2D eigenvalue weighted by atomic mass is 16.1. The van der Waals surface area contributed by atoms with Crippen LogP contribution in [-0.4, -0.2) is 5.78 Å². The van der Waals surface area contributed by atoms with E-state index in [1.54, 1.807) is 6.08 Å². The summed E-state index contributed by atoms with van der Waals surface area (Å²) in [5, 5.41) is 2.45. The van der Waals surface area contributed by atoms with Crippen LogP contribution in [0.2, 0.25) is 0 Å². The topological polar surface area (TPSA) is 17.1 Å². The van der Waals surface area contributed by atoms with E-state index in [9.17, 15) is 4.79 Å². The number of hydrogen-bond acceptors (Lipinski definition) is 1. The summed E-state index contributed by atoms with van der Waals surface area (Å²) in [7, 11) is 0. The fraction of sp³-hybridized carbons (Fsp3) is 0.0417. The van der Waals surface area contributed by atoms with E-state index in [1.807, 2.05) is 42.5 Å². The van der Waals surface area contributed by atoms with Gasteiger partial charge in [-0.25, -0.2) is 0 Å². The Bertz CT molecular complexity index is 986. The lowest BCUT2D eigenvalue weighted by molar-refractivity contribution is 0.104. The predicted molar refractivity (Wildman–Crippen MR) is 105 cm³/mol. The lowest BCUT2D eigenvalue weighted by atomic mass is 9.97. The van der Waals surface area contributed by atoms with Crippen molar-refractivity contribution in [3.05, 3.63) is 109 Å². The van der Waals surface area contributed by atoms with E-state index < -0.39 is 0 Å². The van der Waals surface area contributed by atoms with Crippen molar-refractivity contribution < 1.29 is 4.79 Å². The molecule has 0 unspecified atom stereocenters. The van der Waals surface area contributed by atoms with Crippen LogP contribution in [0.25, 0.3) is 21.9 Å². The molecule has 1 aliphatic carbocycles. The van der Waals surface area contributed by atoms with Crippen LogP contribution in [0.3, 0.4) is 0 Å². The van der Waals surface area contributed by atoms with E-state index in [4.69, 9.17) is 0 Å². The van der Waals surface area contributed by atoms with Crippen molar-refractivity contribution in [2.45, 2.75) is 0 Å². The molecule has 0 atom stereocenters. The lowest BCUT2D eigenvalue weighted by Gasteiger charge is -2.07. The SMILES string of the molecule is O=C(/C=C/C1C=CC=C1)c1ccc(-c2cccc3ccccc23)cc1. The van der Waals surface area contributed by atoms with Gasteiger partial charge in [0.15, 0.2) is 5.78 Å². The summed E-state index contributed by atoms with van der Waals surface area (Å²) in [5.41, 5.74) is 3.03. The highest BCUT2D eigenvalue weighted by molar-refractivity contribution is 6.05. The molecule has 120 valence electrons. The molecule has 0 spiro atoms. The molecule has 1 heteroatoms. The Morgan fingerprint density at radius 1 is 0.800 bits per heavy atom. The van der Waals surface area contributed by atoms with Crippen LogP contribution < -0.4 is 0 Å². The van der Waals surface area contributed by atoms with Gasteiger partial charge in [-0.3, -0.25) is 4.79 Å². The quantitative estimate of drug-likeness (QED) is 0.426. The molecule has 0 aliphatic heterocycles. The van der Waals surface area contributed by atoms with Crippen molar-refractivity contribution in [2.75, 3.05) is 0 Å². The summed E-state index contributed by atoms with van der Waals surface area (Å²) in [6.07, 6.45) is 11.7. The van der Waals surface area contributed by atoms with Crippen molar-refractivity contribution in [3.8, 4) is 11.1 Å². The minimum atomic E-state index is 0.0400. The third-order valence-corrected chi connectivity index (χ3v) is 4.52. The van der Waals surface area contributed by atoms with Crippen LogP contribution in [0.1, 0.15) is 10.4 Å². The summed E-state index contributed by atoms with van der Waals surface area (Å²) in [5.74, 6) is 0.275. The third-order valence-electron chi connectivity index (χ3n) is 4.52. The number of benzene rings is 3. The van der Waals surface area contributed by atoms with Gasteiger partial charge in [-0.1, -0.05) is 97.1 Å². The Kier molecular flexibility index (Phi) is 4.14. The van der Waals surface area contributed by atoms with Gasteiger partial charge in [0.05, 0.1) is 0 Å². The Hall–Kier alpha value is -3.19. The van der Waals surface area contributed by atoms with Gasteiger partial charge < -0.3 is 0 Å². The fourth-order valence-electron chi connectivity index (χ4n) is 3.16. The largest absolute Gasteiger partial charge is 0.289 e. The smallest absolute Gasteiger partial charge is 0.185 e. The highest BCUT2D eigenvalue weighted by Gasteiger charge is 2.06. The first kappa shape index (κ1) is 15.3. The Balaban J connectivity index is 1.60. The van der Waals surface area contributed by atoms with Crippen molar-refractivity contribution in [2.24, 2.45) is 5.92 Å². The van der Waals surface area contributed by atoms with E-state index in [2.05, 4.69) is 54.6 Å². The molecule has 25 heavy (non-hydrogen) atoms. The standard InChI is InChI=1S/C24H18O/c25-24(17-12-18-6-1-2-7-18)21-15-13-20(14-16-21)23-11-5-9-19-8-3-4-10-22(19)23/h1-18H/b17-12+.